The summed E-state index contributed by atoms with van der Waals surface area (Å²) in [6.07, 6.45) is 2.25. The van der Waals surface area contributed by atoms with Crippen LogP contribution in [0.25, 0.3) is 6.08 Å². The van der Waals surface area contributed by atoms with Gasteiger partial charge in [-0.2, -0.15) is 0 Å². The number of carboxylic acid groups (broad SMARTS) is 1. The molecule has 21 heavy (non-hydrogen) atoms. The summed E-state index contributed by atoms with van der Waals surface area (Å²) in [5.74, 6) is -2.65. The lowest BCUT2D eigenvalue weighted by molar-refractivity contribution is -0.148. The Morgan fingerprint density at radius 1 is 1.33 bits per heavy atom. The number of hydrogen-bond acceptors (Lipinski definition) is 5. The first-order chi connectivity index (χ1) is 9.92. The average molecular weight is 292 g/mol. The van der Waals surface area contributed by atoms with Crippen LogP contribution in [-0.4, -0.2) is 36.1 Å². The number of carbonyl (C=O) groups is 3. The number of nitrogens with one attached hydrogen (secondary N) is 1. The summed E-state index contributed by atoms with van der Waals surface area (Å²) in [5, 5.41) is 11.1. The molecule has 1 rings (SSSR count). The molecule has 7 nitrogen and oxygen atoms in total. The average Bonchev–Trinajstić information content (AvgIpc) is 2.45. The number of benzene rings is 1. The lowest BCUT2D eigenvalue weighted by Gasteiger charge is -2.11. The highest BCUT2D eigenvalue weighted by Gasteiger charge is 2.22. The van der Waals surface area contributed by atoms with E-state index in [0.717, 1.165) is 12.7 Å². The van der Waals surface area contributed by atoms with Crippen LogP contribution in [0.5, 0.6) is 0 Å². The van der Waals surface area contributed by atoms with Crippen LogP contribution in [0.2, 0.25) is 0 Å². The minimum absolute atomic E-state index is 0.437. The summed E-state index contributed by atoms with van der Waals surface area (Å²) < 4.78 is 4.37. The number of ether oxygens (including phenoxy) is 1. The van der Waals surface area contributed by atoms with Crippen LogP contribution in [0, 0.1) is 0 Å². The third kappa shape index (κ3) is 5.77. The van der Waals surface area contributed by atoms with Crippen molar-refractivity contribution < 1.29 is 24.2 Å². The van der Waals surface area contributed by atoms with Gasteiger partial charge in [0.1, 0.15) is 6.04 Å². The molecule has 0 bridgehead atoms. The molecule has 0 saturated heterocycles. The SMILES string of the molecule is COC(=O)C[C@H](NC(=O)/C=C/c1ccc(N)cc1)C(=O)O. The summed E-state index contributed by atoms with van der Waals surface area (Å²) in [7, 11) is 1.14. The highest BCUT2D eigenvalue weighted by molar-refractivity contribution is 5.95. The molecule has 1 amide bonds. The number of aliphatic carboxylic acids is 1. The molecular weight excluding hydrogens is 276 g/mol. The van der Waals surface area contributed by atoms with Crippen LogP contribution >= 0.6 is 0 Å². The Hall–Kier alpha value is -2.83. The van der Waals surface area contributed by atoms with Crippen LogP contribution < -0.4 is 11.1 Å². The maximum Gasteiger partial charge on any atom is 0.326 e. The Balaban J connectivity index is 2.63. The van der Waals surface area contributed by atoms with E-state index in [-0.39, 0.29) is 0 Å². The number of methoxy groups -OCH3 is 1. The summed E-state index contributed by atoms with van der Waals surface area (Å²) in [6.45, 7) is 0. The number of esters is 1. The zero-order valence-electron chi connectivity index (χ0n) is 11.4. The van der Waals surface area contributed by atoms with Crippen molar-refractivity contribution in [2.75, 3.05) is 12.8 Å². The molecule has 0 aliphatic carbocycles. The number of nitrogens with two attached hydrogens (primary N) is 1. The molecule has 0 heterocycles. The lowest BCUT2D eigenvalue weighted by atomic mass is 10.2. The Morgan fingerprint density at radius 3 is 2.48 bits per heavy atom. The summed E-state index contributed by atoms with van der Waals surface area (Å²) >= 11 is 0. The Labute approximate surface area is 121 Å². The van der Waals surface area contributed by atoms with E-state index >= 15 is 0 Å². The van der Waals surface area contributed by atoms with Crippen LogP contribution in [0.3, 0.4) is 0 Å². The van der Waals surface area contributed by atoms with Gasteiger partial charge in [-0.15, -0.1) is 0 Å². The number of amides is 1. The van der Waals surface area contributed by atoms with Gasteiger partial charge in [0, 0.05) is 11.8 Å². The summed E-state index contributed by atoms with van der Waals surface area (Å²) in [4.78, 5) is 33.6. The van der Waals surface area contributed by atoms with Crippen LogP contribution in [-0.2, 0) is 19.1 Å². The number of carbonyl (C=O) groups excluding carboxylic acids is 2. The van der Waals surface area contributed by atoms with E-state index in [1.54, 1.807) is 24.3 Å². The van der Waals surface area contributed by atoms with Gasteiger partial charge in [-0.3, -0.25) is 9.59 Å². The van der Waals surface area contributed by atoms with Gasteiger partial charge in [0.25, 0.3) is 0 Å². The van der Waals surface area contributed by atoms with Crippen LogP contribution in [0.4, 0.5) is 5.69 Å². The van der Waals surface area contributed by atoms with Gasteiger partial charge in [-0.05, 0) is 23.8 Å². The largest absolute Gasteiger partial charge is 0.480 e. The van der Waals surface area contributed by atoms with Crippen LogP contribution in [0.1, 0.15) is 12.0 Å². The van der Waals surface area contributed by atoms with E-state index in [1.165, 1.54) is 12.2 Å². The molecule has 0 aliphatic rings. The summed E-state index contributed by atoms with van der Waals surface area (Å²) in [5.41, 5.74) is 6.86. The molecule has 1 aromatic rings. The van der Waals surface area contributed by atoms with Crippen molar-refractivity contribution in [3.8, 4) is 0 Å². The maximum atomic E-state index is 11.6. The molecule has 0 unspecified atom stereocenters. The molecule has 1 aromatic carbocycles. The van der Waals surface area contributed by atoms with Gasteiger partial charge < -0.3 is 20.9 Å². The zero-order chi connectivity index (χ0) is 15.8. The van der Waals surface area contributed by atoms with E-state index in [9.17, 15) is 14.4 Å². The number of hydrogen-bond donors (Lipinski definition) is 3. The molecule has 0 spiro atoms. The molecule has 0 aliphatic heterocycles. The van der Waals surface area contributed by atoms with Crippen LogP contribution in [0.15, 0.2) is 30.3 Å². The van der Waals surface area contributed by atoms with Gasteiger partial charge in [0.15, 0.2) is 0 Å². The number of nitrogen functional groups attached to an aromatic ring is 1. The molecule has 112 valence electrons. The minimum Gasteiger partial charge on any atom is -0.480 e. The number of anilines is 1. The van der Waals surface area contributed by atoms with Crippen molar-refractivity contribution in [3.63, 3.8) is 0 Å². The predicted octanol–water partition coefficient (Wildman–Crippen LogP) is 0.414. The second-order valence-electron chi connectivity index (χ2n) is 4.18. The summed E-state index contributed by atoms with van der Waals surface area (Å²) in [6, 6.07) is 5.44. The van der Waals surface area contributed by atoms with Gasteiger partial charge in [0.05, 0.1) is 13.5 Å². The third-order valence-electron chi connectivity index (χ3n) is 2.58. The Kier molecular flexibility index (Phi) is 5.94. The Morgan fingerprint density at radius 2 is 1.95 bits per heavy atom. The molecule has 0 radical (unpaired) electrons. The predicted molar refractivity (Wildman–Crippen MR) is 76.1 cm³/mol. The van der Waals surface area contributed by atoms with Gasteiger partial charge >= 0.3 is 11.9 Å². The van der Waals surface area contributed by atoms with Gasteiger partial charge in [-0.25, -0.2) is 4.79 Å². The fourth-order valence-corrected chi connectivity index (χ4v) is 1.45. The van der Waals surface area contributed by atoms with Gasteiger partial charge in [0.2, 0.25) is 5.91 Å². The van der Waals surface area contributed by atoms with Crippen molar-refractivity contribution in [2.24, 2.45) is 0 Å². The third-order valence-corrected chi connectivity index (χ3v) is 2.58. The number of rotatable bonds is 6. The quantitative estimate of drug-likeness (QED) is 0.397. The molecule has 1 atom stereocenters. The van der Waals surface area contributed by atoms with E-state index < -0.39 is 30.3 Å². The monoisotopic (exact) mass is 292 g/mol. The molecule has 0 fully saturated rings. The van der Waals surface area contributed by atoms with E-state index in [4.69, 9.17) is 10.8 Å². The first kappa shape index (κ1) is 16.2. The first-order valence-corrected chi connectivity index (χ1v) is 6.06. The van der Waals surface area contributed by atoms with Crippen molar-refractivity contribution in [1.82, 2.24) is 5.32 Å². The minimum atomic E-state index is -1.33. The molecule has 0 saturated carbocycles. The molecular formula is C14H16N2O5. The zero-order valence-corrected chi connectivity index (χ0v) is 11.4. The maximum absolute atomic E-state index is 11.6. The highest BCUT2D eigenvalue weighted by atomic mass is 16.5. The van der Waals surface area contributed by atoms with Crippen molar-refractivity contribution in [1.29, 1.82) is 0 Å². The van der Waals surface area contributed by atoms with Crippen molar-refractivity contribution >= 4 is 29.6 Å². The fraction of sp³-hybridized carbons (Fsp3) is 0.214. The topological polar surface area (TPSA) is 119 Å². The van der Waals surface area contributed by atoms with Crippen molar-refractivity contribution in [3.05, 3.63) is 35.9 Å². The van der Waals surface area contributed by atoms with Crippen molar-refractivity contribution in [2.45, 2.75) is 12.5 Å². The van der Waals surface area contributed by atoms with E-state index in [2.05, 4.69) is 10.1 Å². The lowest BCUT2D eigenvalue weighted by Crippen LogP contribution is -2.41. The number of carboxylic acids is 1. The smallest absolute Gasteiger partial charge is 0.326 e. The van der Waals surface area contributed by atoms with E-state index in [1.807, 2.05) is 0 Å². The fourth-order valence-electron chi connectivity index (χ4n) is 1.45. The van der Waals surface area contributed by atoms with Gasteiger partial charge in [-0.1, -0.05) is 12.1 Å². The van der Waals surface area contributed by atoms with E-state index in [0.29, 0.717) is 5.69 Å². The standard InChI is InChI=1S/C14H16N2O5/c1-21-13(18)8-11(14(19)20)16-12(17)7-4-9-2-5-10(15)6-3-9/h2-7,11H,8,15H2,1H3,(H,16,17)(H,19,20)/b7-4+/t11-/m0/s1. The second kappa shape index (κ2) is 7.68. The molecule has 4 N–H and O–H groups in total. The Bertz CT molecular complexity index is 551. The highest BCUT2D eigenvalue weighted by Crippen LogP contribution is 2.07. The molecule has 0 aromatic heterocycles. The normalized spacial score (nSPS) is 11.9. The second-order valence-corrected chi connectivity index (χ2v) is 4.18. The first-order valence-electron chi connectivity index (χ1n) is 6.06. The molecule has 7 heteroatoms.